The van der Waals surface area contributed by atoms with Gasteiger partial charge in [-0.3, -0.25) is 4.79 Å². The molecule has 0 bridgehead atoms. The number of rotatable bonds is 6. The molecule has 1 aliphatic carbocycles. The first-order valence-corrected chi connectivity index (χ1v) is 7.61. The van der Waals surface area contributed by atoms with Crippen molar-refractivity contribution in [2.75, 3.05) is 0 Å². The maximum absolute atomic E-state index is 12.5. The van der Waals surface area contributed by atoms with Crippen LogP contribution in [0.2, 0.25) is 0 Å². The third-order valence-corrected chi connectivity index (χ3v) is 4.22. The summed E-state index contributed by atoms with van der Waals surface area (Å²) in [5.74, 6) is -0.213. The Morgan fingerprint density at radius 1 is 1.36 bits per heavy atom. The first kappa shape index (κ1) is 18.8. The summed E-state index contributed by atoms with van der Waals surface area (Å²) in [5.41, 5.74) is 0. The summed E-state index contributed by atoms with van der Waals surface area (Å²) in [6, 6.07) is -1.68. The highest BCUT2D eigenvalue weighted by Gasteiger charge is 2.39. The van der Waals surface area contributed by atoms with Gasteiger partial charge >= 0.3 is 12.1 Å². The third-order valence-electron chi connectivity index (χ3n) is 4.22. The van der Waals surface area contributed by atoms with Crippen molar-refractivity contribution in [3.8, 4) is 0 Å². The molecule has 0 radical (unpaired) electrons. The number of ether oxygens (including phenoxy) is 1. The van der Waals surface area contributed by atoms with Gasteiger partial charge < -0.3 is 10.1 Å². The smallest absolute Gasteiger partial charge is 0.391 e. The van der Waals surface area contributed by atoms with Crippen molar-refractivity contribution < 1.29 is 27.5 Å². The molecule has 1 fully saturated rings. The van der Waals surface area contributed by atoms with E-state index in [1.807, 2.05) is 26.1 Å². The maximum Gasteiger partial charge on any atom is 0.391 e. The molecular weight excluding hydrogens is 299 g/mol. The quantitative estimate of drug-likeness (QED) is 0.604. The SMILES string of the molecule is CC1CCC(C(C)C)C(OC(=O)C(CC(F)(F)F)NC=O)C1. The van der Waals surface area contributed by atoms with Gasteiger partial charge in [0.1, 0.15) is 12.1 Å². The lowest BCUT2D eigenvalue weighted by Gasteiger charge is -2.37. The molecular formula is C15H24F3NO3. The second-order valence-corrected chi connectivity index (χ2v) is 6.46. The Morgan fingerprint density at radius 3 is 2.50 bits per heavy atom. The molecule has 0 aromatic carbocycles. The molecule has 0 aromatic heterocycles. The largest absolute Gasteiger partial charge is 0.461 e. The van der Waals surface area contributed by atoms with Gasteiger partial charge in [-0.05, 0) is 30.6 Å². The summed E-state index contributed by atoms with van der Waals surface area (Å²) in [6.45, 7) is 6.06. The normalized spacial score (nSPS) is 27.3. The van der Waals surface area contributed by atoms with Gasteiger partial charge in [0.15, 0.2) is 0 Å². The summed E-state index contributed by atoms with van der Waals surface area (Å²) < 4.78 is 42.7. The first-order chi connectivity index (χ1) is 10.1. The average molecular weight is 323 g/mol. The van der Waals surface area contributed by atoms with Crippen molar-refractivity contribution in [1.82, 2.24) is 5.32 Å². The number of halogens is 3. The van der Waals surface area contributed by atoms with E-state index in [0.29, 0.717) is 12.3 Å². The first-order valence-electron chi connectivity index (χ1n) is 7.61. The second kappa shape index (κ2) is 7.83. The summed E-state index contributed by atoms with van der Waals surface area (Å²) in [6.07, 6.45) is -3.69. The molecule has 4 unspecified atom stereocenters. The van der Waals surface area contributed by atoms with Gasteiger partial charge in [-0.1, -0.05) is 27.2 Å². The van der Waals surface area contributed by atoms with Crippen LogP contribution in [0.4, 0.5) is 13.2 Å². The highest BCUT2D eigenvalue weighted by atomic mass is 19.4. The molecule has 0 aliphatic heterocycles. The summed E-state index contributed by atoms with van der Waals surface area (Å²) in [4.78, 5) is 22.4. The Balaban J connectivity index is 2.74. The molecule has 7 heteroatoms. The van der Waals surface area contributed by atoms with Gasteiger partial charge in [0.25, 0.3) is 0 Å². The van der Waals surface area contributed by atoms with Gasteiger partial charge in [-0.2, -0.15) is 13.2 Å². The molecule has 22 heavy (non-hydrogen) atoms. The fourth-order valence-electron chi connectivity index (χ4n) is 3.01. The Kier molecular flexibility index (Phi) is 6.68. The van der Waals surface area contributed by atoms with E-state index in [0.717, 1.165) is 12.8 Å². The van der Waals surface area contributed by atoms with Gasteiger partial charge in [0.2, 0.25) is 6.41 Å². The lowest BCUT2D eigenvalue weighted by molar-refractivity contribution is -0.171. The van der Waals surface area contributed by atoms with Crippen LogP contribution in [-0.2, 0) is 14.3 Å². The Labute approximate surface area is 128 Å². The van der Waals surface area contributed by atoms with Gasteiger partial charge in [0, 0.05) is 0 Å². The highest BCUT2D eigenvalue weighted by Crippen LogP contribution is 2.35. The summed E-state index contributed by atoms with van der Waals surface area (Å²) >= 11 is 0. The van der Waals surface area contributed by atoms with Crippen molar-refractivity contribution in [3.63, 3.8) is 0 Å². The predicted molar refractivity (Wildman–Crippen MR) is 74.9 cm³/mol. The molecule has 1 saturated carbocycles. The van der Waals surface area contributed by atoms with Gasteiger partial charge in [0.05, 0.1) is 6.42 Å². The monoisotopic (exact) mass is 323 g/mol. The topological polar surface area (TPSA) is 55.4 Å². The Hall–Kier alpha value is -1.27. The number of esters is 1. The molecule has 1 N–H and O–H groups in total. The zero-order chi connectivity index (χ0) is 16.9. The van der Waals surface area contributed by atoms with E-state index in [-0.39, 0.29) is 24.3 Å². The molecule has 4 atom stereocenters. The predicted octanol–water partition coefficient (Wildman–Crippen LogP) is 3.06. The van der Waals surface area contributed by atoms with Crippen LogP contribution in [0.1, 0.15) is 46.5 Å². The van der Waals surface area contributed by atoms with Crippen LogP contribution in [-0.4, -0.2) is 30.7 Å². The van der Waals surface area contributed by atoms with Crippen LogP contribution in [0, 0.1) is 17.8 Å². The molecule has 0 spiro atoms. The summed E-state index contributed by atoms with van der Waals surface area (Å²) in [5, 5.41) is 1.91. The summed E-state index contributed by atoms with van der Waals surface area (Å²) in [7, 11) is 0. The van der Waals surface area contributed by atoms with E-state index in [2.05, 4.69) is 0 Å². The fourth-order valence-corrected chi connectivity index (χ4v) is 3.01. The van der Waals surface area contributed by atoms with Crippen molar-refractivity contribution in [2.24, 2.45) is 17.8 Å². The van der Waals surface area contributed by atoms with E-state index in [1.165, 1.54) is 0 Å². The molecule has 4 nitrogen and oxygen atoms in total. The van der Waals surface area contributed by atoms with E-state index >= 15 is 0 Å². The zero-order valence-corrected chi connectivity index (χ0v) is 13.2. The number of hydrogen-bond acceptors (Lipinski definition) is 3. The highest BCUT2D eigenvalue weighted by molar-refractivity contribution is 5.78. The number of nitrogens with one attached hydrogen (secondary N) is 1. The lowest BCUT2D eigenvalue weighted by atomic mass is 9.75. The van der Waals surface area contributed by atoms with Crippen LogP contribution in [0.25, 0.3) is 0 Å². The molecule has 1 aliphatic rings. The number of alkyl halides is 3. The molecule has 1 rings (SSSR count). The van der Waals surface area contributed by atoms with Crippen molar-refractivity contribution in [2.45, 2.75) is 64.8 Å². The van der Waals surface area contributed by atoms with Crippen molar-refractivity contribution in [1.29, 1.82) is 0 Å². The van der Waals surface area contributed by atoms with Crippen LogP contribution in [0.15, 0.2) is 0 Å². The van der Waals surface area contributed by atoms with Crippen LogP contribution >= 0.6 is 0 Å². The number of amides is 1. The number of carbonyl (C=O) groups excluding carboxylic acids is 2. The van der Waals surface area contributed by atoms with Crippen molar-refractivity contribution >= 4 is 12.4 Å². The van der Waals surface area contributed by atoms with E-state index in [1.54, 1.807) is 0 Å². The van der Waals surface area contributed by atoms with Crippen LogP contribution in [0.3, 0.4) is 0 Å². The minimum Gasteiger partial charge on any atom is -0.461 e. The van der Waals surface area contributed by atoms with Crippen LogP contribution < -0.4 is 5.32 Å². The molecule has 1 amide bonds. The Morgan fingerprint density at radius 2 is 2.00 bits per heavy atom. The minimum atomic E-state index is -4.54. The van der Waals surface area contributed by atoms with Crippen LogP contribution in [0.5, 0.6) is 0 Å². The fraction of sp³-hybridized carbons (Fsp3) is 0.867. The third kappa shape index (κ3) is 5.85. The van der Waals surface area contributed by atoms with E-state index < -0.39 is 24.6 Å². The minimum absolute atomic E-state index is 0.0983. The van der Waals surface area contributed by atoms with Gasteiger partial charge in [-0.15, -0.1) is 0 Å². The molecule has 0 aromatic rings. The standard InChI is InChI=1S/C15H24F3NO3/c1-9(2)11-5-4-10(3)6-13(11)22-14(21)12(19-8-20)7-15(16,17)18/h8-13H,4-7H2,1-3H3,(H,19,20). The maximum atomic E-state index is 12.5. The van der Waals surface area contributed by atoms with Gasteiger partial charge in [-0.25, -0.2) is 4.79 Å². The number of carbonyl (C=O) groups is 2. The zero-order valence-electron chi connectivity index (χ0n) is 13.2. The van der Waals surface area contributed by atoms with Crippen molar-refractivity contribution in [3.05, 3.63) is 0 Å². The molecule has 128 valence electrons. The number of hydrogen-bond donors (Lipinski definition) is 1. The molecule has 0 saturated heterocycles. The second-order valence-electron chi connectivity index (χ2n) is 6.46. The van der Waals surface area contributed by atoms with E-state index in [4.69, 9.17) is 4.74 Å². The molecule has 0 heterocycles. The van der Waals surface area contributed by atoms with E-state index in [9.17, 15) is 22.8 Å². The average Bonchev–Trinajstić information content (AvgIpc) is 2.36. The lowest BCUT2D eigenvalue weighted by Crippen LogP contribution is -2.44. The Bertz CT molecular complexity index is 385.